The lowest BCUT2D eigenvalue weighted by molar-refractivity contribution is 0.100. The molecule has 0 amide bonds. The van der Waals surface area contributed by atoms with Crippen LogP contribution in [0.15, 0.2) is 25.3 Å². The summed E-state index contributed by atoms with van der Waals surface area (Å²) in [4.78, 5) is 23.3. The molecule has 2 nitrogen and oxygen atoms in total. The van der Waals surface area contributed by atoms with Crippen LogP contribution in [0.5, 0.6) is 0 Å². The number of Topliss-reactive ketones (excluding diaryl/α,β-unsaturated/α-hetero) is 2. The van der Waals surface area contributed by atoms with Crippen molar-refractivity contribution in [1.82, 2.24) is 0 Å². The number of fused-ring (bicyclic) bond motifs is 2. The Morgan fingerprint density at radius 1 is 0.750 bits per heavy atom. The number of hydrogen-bond acceptors (Lipinski definition) is 2. The van der Waals surface area contributed by atoms with Gasteiger partial charge in [-0.1, -0.05) is 13.2 Å². The van der Waals surface area contributed by atoms with E-state index in [1.165, 1.54) is 0 Å². The van der Waals surface area contributed by atoms with Gasteiger partial charge in [0.1, 0.15) is 0 Å². The lowest BCUT2D eigenvalue weighted by Crippen LogP contribution is -1.97. The van der Waals surface area contributed by atoms with Gasteiger partial charge < -0.3 is 0 Å². The molecule has 16 heavy (non-hydrogen) atoms. The fourth-order valence-corrected chi connectivity index (χ4v) is 2.41. The first-order valence-electron chi connectivity index (χ1n) is 5.18. The van der Waals surface area contributed by atoms with Crippen molar-refractivity contribution in [3.8, 4) is 0 Å². The van der Waals surface area contributed by atoms with E-state index in [1.807, 2.05) is 6.07 Å². The summed E-state index contributed by atoms with van der Waals surface area (Å²) >= 11 is 0. The third-order valence-corrected chi connectivity index (χ3v) is 3.27. The zero-order valence-electron chi connectivity index (χ0n) is 8.80. The molecule has 0 bridgehead atoms. The Kier molecular flexibility index (Phi) is 1.62. The molecule has 2 aliphatic rings. The van der Waals surface area contributed by atoms with E-state index in [4.69, 9.17) is 0 Å². The second kappa shape index (κ2) is 2.79. The standard InChI is InChI=1S/C14H10O2/c1-7-3-13(15)11-6-12-10(5-9(7)11)8(2)4-14(12)16/h5-6H,1-4H2. The van der Waals surface area contributed by atoms with Gasteiger partial charge in [-0.2, -0.15) is 0 Å². The fourth-order valence-electron chi connectivity index (χ4n) is 2.41. The predicted octanol–water partition coefficient (Wildman–Crippen LogP) is 2.89. The fraction of sp³-hybridized carbons (Fsp3) is 0.143. The van der Waals surface area contributed by atoms with E-state index in [1.54, 1.807) is 6.07 Å². The number of allylic oxidation sites excluding steroid dienone is 2. The Morgan fingerprint density at radius 3 is 1.56 bits per heavy atom. The third-order valence-electron chi connectivity index (χ3n) is 3.27. The average molecular weight is 210 g/mol. The van der Waals surface area contributed by atoms with Crippen molar-refractivity contribution in [2.24, 2.45) is 0 Å². The van der Waals surface area contributed by atoms with Crippen LogP contribution in [0, 0.1) is 0 Å². The summed E-state index contributed by atoms with van der Waals surface area (Å²) in [7, 11) is 0. The van der Waals surface area contributed by atoms with E-state index in [0.717, 1.165) is 22.3 Å². The summed E-state index contributed by atoms with van der Waals surface area (Å²) in [5, 5.41) is 0. The summed E-state index contributed by atoms with van der Waals surface area (Å²) in [6.07, 6.45) is 0.748. The second-order valence-corrected chi connectivity index (χ2v) is 4.35. The van der Waals surface area contributed by atoms with E-state index in [-0.39, 0.29) is 11.6 Å². The van der Waals surface area contributed by atoms with Crippen LogP contribution in [0.2, 0.25) is 0 Å². The van der Waals surface area contributed by atoms with Crippen LogP contribution in [-0.4, -0.2) is 11.6 Å². The molecule has 0 heterocycles. The maximum atomic E-state index is 11.7. The van der Waals surface area contributed by atoms with Gasteiger partial charge >= 0.3 is 0 Å². The van der Waals surface area contributed by atoms with Gasteiger partial charge in [-0.05, 0) is 34.4 Å². The van der Waals surface area contributed by atoms with Gasteiger partial charge in [-0.3, -0.25) is 9.59 Å². The van der Waals surface area contributed by atoms with E-state index in [9.17, 15) is 9.59 Å². The number of hydrogen-bond donors (Lipinski definition) is 0. The molecule has 2 heteroatoms. The van der Waals surface area contributed by atoms with Crippen molar-refractivity contribution in [1.29, 1.82) is 0 Å². The first-order chi connectivity index (χ1) is 7.58. The minimum absolute atomic E-state index is 0.0631. The molecule has 0 unspecified atom stereocenters. The van der Waals surface area contributed by atoms with E-state index in [0.29, 0.717) is 24.0 Å². The van der Waals surface area contributed by atoms with Gasteiger partial charge in [0.2, 0.25) is 0 Å². The molecular formula is C14H10O2. The second-order valence-electron chi connectivity index (χ2n) is 4.35. The van der Waals surface area contributed by atoms with Crippen molar-refractivity contribution in [3.05, 3.63) is 47.5 Å². The van der Waals surface area contributed by atoms with Crippen molar-refractivity contribution < 1.29 is 9.59 Å². The monoisotopic (exact) mass is 210 g/mol. The van der Waals surface area contributed by atoms with Crippen molar-refractivity contribution in [3.63, 3.8) is 0 Å². The quantitative estimate of drug-likeness (QED) is 0.659. The zero-order chi connectivity index (χ0) is 11.4. The molecule has 0 saturated carbocycles. The van der Waals surface area contributed by atoms with Crippen molar-refractivity contribution in [2.75, 3.05) is 0 Å². The number of benzene rings is 1. The first-order valence-corrected chi connectivity index (χ1v) is 5.18. The maximum Gasteiger partial charge on any atom is 0.167 e. The van der Waals surface area contributed by atoms with Crippen LogP contribution in [-0.2, 0) is 0 Å². The van der Waals surface area contributed by atoms with Crippen LogP contribution in [0.1, 0.15) is 44.7 Å². The van der Waals surface area contributed by atoms with Crippen LogP contribution in [0.4, 0.5) is 0 Å². The van der Waals surface area contributed by atoms with Crippen molar-refractivity contribution in [2.45, 2.75) is 12.8 Å². The predicted molar refractivity (Wildman–Crippen MR) is 62.4 cm³/mol. The molecule has 3 rings (SSSR count). The first kappa shape index (κ1) is 9.28. The van der Waals surface area contributed by atoms with Gasteiger partial charge in [-0.25, -0.2) is 0 Å². The Balaban J connectivity index is 2.33. The Labute approximate surface area is 93.3 Å². The van der Waals surface area contributed by atoms with E-state index >= 15 is 0 Å². The number of ketones is 2. The smallest absolute Gasteiger partial charge is 0.167 e. The third kappa shape index (κ3) is 1.01. The minimum atomic E-state index is 0.0631. The Bertz CT molecular complexity index is 491. The lowest BCUT2D eigenvalue weighted by Gasteiger charge is -2.03. The molecule has 78 valence electrons. The summed E-state index contributed by atoms with van der Waals surface area (Å²) in [5.41, 5.74) is 4.75. The number of carbonyl (C=O) groups is 2. The van der Waals surface area contributed by atoms with Gasteiger partial charge in [0.05, 0.1) is 0 Å². The van der Waals surface area contributed by atoms with Crippen LogP contribution < -0.4 is 0 Å². The topological polar surface area (TPSA) is 34.1 Å². The molecule has 0 saturated heterocycles. The number of rotatable bonds is 0. The highest BCUT2D eigenvalue weighted by Crippen LogP contribution is 2.38. The molecule has 2 aliphatic carbocycles. The largest absolute Gasteiger partial charge is 0.294 e. The Morgan fingerprint density at radius 2 is 1.12 bits per heavy atom. The highest BCUT2D eigenvalue weighted by atomic mass is 16.1. The summed E-state index contributed by atoms with van der Waals surface area (Å²) in [6.45, 7) is 7.76. The summed E-state index contributed by atoms with van der Waals surface area (Å²) < 4.78 is 0. The van der Waals surface area contributed by atoms with Crippen LogP contribution in [0.3, 0.4) is 0 Å². The average Bonchev–Trinajstić information content (AvgIpc) is 2.67. The molecule has 0 fully saturated rings. The molecular weight excluding hydrogens is 200 g/mol. The molecule has 0 spiro atoms. The molecule has 0 atom stereocenters. The summed E-state index contributed by atoms with van der Waals surface area (Å²) in [5.74, 6) is 0.126. The van der Waals surface area contributed by atoms with Gasteiger partial charge in [0.15, 0.2) is 11.6 Å². The van der Waals surface area contributed by atoms with Crippen LogP contribution in [0.25, 0.3) is 11.1 Å². The molecule has 1 aromatic carbocycles. The maximum absolute atomic E-state index is 11.7. The number of carbonyl (C=O) groups excluding carboxylic acids is 2. The summed E-state index contributed by atoms with van der Waals surface area (Å²) in [6, 6.07) is 3.61. The van der Waals surface area contributed by atoms with Gasteiger partial charge in [0.25, 0.3) is 0 Å². The lowest BCUT2D eigenvalue weighted by atomic mass is 9.99. The SMILES string of the molecule is C=C1CC(=O)c2cc3c(cc21)C(=C)CC3=O. The normalized spacial score (nSPS) is 18.0. The molecule has 0 N–H and O–H groups in total. The Hall–Kier alpha value is -1.96. The van der Waals surface area contributed by atoms with Gasteiger partial charge in [-0.15, -0.1) is 0 Å². The van der Waals surface area contributed by atoms with Crippen LogP contribution >= 0.6 is 0 Å². The minimum Gasteiger partial charge on any atom is -0.294 e. The molecule has 0 aliphatic heterocycles. The highest BCUT2D eigenvalue weighted by Gasteiger charge is 2.30. The van der Waals surface area contributed by atoms with E-state index in [2.05, 4.69) is 13.2 Å². The molecule has 0 radical (unpaired) electrons. The molecule has 0 aromatic heterocycles. The van der Waals surface area contributed by atoms with E-state index < -0.39 is 0 Å². The molecule has 1 aromatic rings. The highest BCUT2D eigenvalue weighted by molar-refractivity contribution is 6.17. The van der Waals surface area contributed by atoms with Crippen molar-refractivity contribution >= 4 is 22.7 Å². The van der Waals surface area contributed by atoms with Gasteiger partial charge in [0, 0.05) is 24.0 Å². The zero-order valence-corrected chi connectivity index (χ0v) is 8.80.